The summed E-state index contributed by atoms with van der Waals surface area (Å²) in [5.41, 5.74) is -2.39. The van der Waals surface area contributed by atoms with Gasteiger partial charge in [0.2, 0.25) is 5.82 Å². The molecule has 0 radical (unpaired) electrons. The topological polar surface area (TPSA) is 87.4 Å². The molecule has 0 N–H and O–H groups in total. The molecule has 24 heavy (non-hydrogen) atoms. The van der Waals surface area contributed by atoms with E-state index in [9.17, 15) is 23.6 Å². The smallest absolute Gasteiger partial charge is 0.341 e. The van der Waals surface area contributed by atoms with Gasteiger partial charge in [-0.25, -0.2) is 4.79 Å². The zero-order valence-electron chi connectivity index (χ0n) is 12.9. The Kier molecular flexibility index (Phi) is 5.41. The summed E-state index contributed by atoms with van der Waals surface area (Å²) in [5, 5.41) is 0. The fraction of sp³-hybridized carbons (Fsp3) is 0.250. The zero-order chi connectivity index (χ0) is 17.7. The van der Waals surface area contributed by atoms with Crippen LogP contribution in [0.1, 0.15) is 30.1 Å². The highest BCUT2D eigenvalue weighted by atomic mass is 19.1. The van der Waals surface area contributed by atoms with Gasteiger partial charge in [0.05, 0.1) is 6.20 Å². The third-order valence-corrected chi connectivity index (χ3v) is 3.16. The number of nitrogens with zero attached hydrogens (tertiary/aromatic N) is 2. The van der Waals surface area contributed by atoms with E-state index in [2.05, 4.69) is 0 Å². The van der Waals surface area contributed by atoms with Crippen molar-refractivity contribution in [3.8, 4) is 0 Å². The van der Waals surface area contributed by atoms with Crippen LogP contribution in [0.25, 0.3) is 0 Å². The Bertz CT molecular complexity index is 870. The molecule has 0 saturated carbocycles. The molecule has 0 fully saturated rings. The molecule has 2 aromatic rings. The molecule has 2 rings (SSSR count). The van der Waals surface area contributed by atoms with Crippen molar-refractivity contribution in [1.29, 1.82) is 0 Å². The molecule has 0 aliphatic rings. The average molecular weight is 334 g/mol. The number of aromatic nitrogens is 2. The molecule has 1 heterocycles. The minimum atomic E-state index is -1.36. The van der Waals surface area contributed by atoms with Gasteiger partial charge in [-0.2, -0.15) is 8.96 Å². The summed E-state index contributed by atoms with van der Waals surface area (Å²) in [6, 6.07) is 7.53. The van der Waals surface area contributed by atoms with Crippen molar-refractivity contribution in [3.63, 3.8) is 0 Å². The number of hydrogen-bond acceptors (Lipinski definition) is 5. The van der Waals surface area contributed by atoms with E-state index in [0.29, 0.717) is 17.2 Å². The van der Waals surface area contributed by atoms with E-state index < -0.39 is 35.7 Å². The first-order valence-electron chi connectivity index (χ1n) is 7.23. The fourth-order valence-corrected chi connectivity index (χ4v) is 1.97. The van der Waals surface area contributed by atoms with Gasteiger partial charge in [-0.1, -0.05) is 25.1 Å². The average Bonchev–Trinajstić information content (AvgIpc) is 2.58. The normalized spacial score (nSPS) is 10.4. The van der Waals surface area contributed by atoms with Gasteiger partial charge >= 0.3 is 11.7 Å². The highest BCUT2D eigenvalue weighted by Gasteiger charge is 2.19. The van der Waals surface area contributed by atoms with Crippen LogP contribution in [0, 0.1) is 5.82 Å². The van der Waals surface area contributed by atoms with Crippen molar-refractivity contribution in [2.24, 2.45) is 0 Å². The standard InChI is InChI=1S/C16H15FN2O5/c1-2-6-13(20)24-10-18-9-12(17)15(22)19(16(18)23)14(21)11-7-4-3-5-8-11/h3-5,7-9H,2,6,10H2,1H3. The summed E-state index contributed by atoms with van der Waals surface area (Å²) in [5.74, 6) is -2.83. The first-order valence-corrected chi connectivity index (χ1v) is 7.23. The van der Waals surface area contributed by atoms with E-state index in [4.69, 9.17) is 4.74 Å². The maximum Gasteiger partial charge on any atom is 0.341 e. The van der Waals surface area contributed by atoms with Crippen LogP contribution in [-0.4, -0.2) is 21.0 Å². The van der Waals surface area contributed by atoms with E-state index in [-0.39, 0.29) is 16.6 Å². The van der Waals surface area contributed by atoms with E-state index in [1.807, 2.05) is 0 Å². The number of hydrogen-bond donors (Lipinski definition) is 0. The van der Waals surface area contributed by atoms with Crippen LogP contribution in [-0.2, 0) is 16.3 Å². The van der Waals surface area contributed by atoms with Crippen molar-refractivity contribution in [1.82, 2.24) is 9.13 Å². The highest BCUT2D eigenvalue weighted by molar-refractivity contribution is 5.95. The minimum Gasteiger partial charge on any atom is -0.444 e. The summed E-state index contributed by atoms with van der Waals surface area (Å²) in [6.07, 6.45) is 1.30. The lowest BCUT2D eigenvalue weighted by Gasteiger charge is -2.10. The van der Waals surface area contributed by atoms with Gasteiger partial charge < -0.3 is 4.74 Å². The Hall–Kier alpha value is -3.03. The number of benzene rings is 1. The molecule has 0 unspecified atom stereocenters. The summed E-state index contributed by atoms with van der Waals surface area (Å²) in [4.78, 5) is 47.8. The van der Waals surface area contributed by atoms with Crippen LogP contribution in [0.4, 0.5) is 4.39 Å². The van der Waals surface area contributed by atoms with Gasteiger partial charge in [0.15, 0.2) is 6.73 Å². The zero-order valence-corrected chi connectivity index (χ0v) is 12.9. The lowest BCUT2D eigenvalue weighted by atomic mass is 10.2. The Morgan fingerprint density at radius 1 is 1.17 bits per heavy atom. The number of carbonyl (C=O) groups excluding carboxylic acids is 2. The molecule has 1 aromatic carbocycles. The lowest BCUT2D eigenvalue weighted by molar-refractivity contribution is -0.147. The van der Waals surface area contributed by atoms with Crippen LogP contribution in [0.2, 0.25) is 0 Å². The maximum absolute atomic E-state index is 13.8. The second-order valence-corrected chi connectivity index (χ2v) is 4.94. The highest BCUT2D eigenvalue weighted by Crippen LogP contribution is 2.00. The molecule has 8 heteroatoms. The van der Waals surface area contributed by atoms with Gasteiger partial charge in [-0.3, -0.25) is 19.0 Å². The van der Waals surface area contributed by atoms with Crippen LogP contribution in [0.3, 0.4) is 0 Å². The van der Waals surface area contributed by atoms with E-state index in [1.54, 1.807) is 25.1 Å². The van der Waals surface area contributed by atoms with E-state index >= 15 is 0 Å². The Labute approximate surface area is 135 Å². The summed E-state index contributed by atoms with van der Waals surface area (Å²) < 4.78 is 19.4. The summed E-state index contributed by atoms with van der Waals surface area (Å²) in [6.45, 7) is 1.18. The molecule has 0 aliphatic heterocycles. The molecular weight excluding hydrogens is 319 g/mol. The number of ether oxygens (including phenoxy) is 1. The van der Waals surface area contributed by atoms with Gasteiger partial charge in [-0.05, 0) is 18.6 Å². The Morgan fingerprint density at radius 2 is 1.83 bits per heavy atom. The van der Waals surface area contributed by atoms with Gasteiger partial charge in [0.1, 0.15) is 0 Å². The predicted molar refractivity (Wildman–Crippen MR) is 82.1 cm³/mol. The molecule has 0 saturated heterocycles. The Morgan fingerprint density at radius 3 is 2.46 bits per heavy atom. The molecule has 0 spiro atoms. The minimum absolute atomic E-state index is 0.0526. The number of carbonyl (C=O) groups is 2. The third-order valence-electron chi connectivity index (χ3n) is 3.16. The summed E-state index contributed by atoms with van der Waals surface area (Å²) in [7, 11) is 0. The van der Waals surface area contributed by atoms with Crippen LogP contribution < -0.4 is 11.2 Å². The van der Waals surface area contributed by atoms with Crippen molar-refractivity contribution in [2.45, 2.75) is 26.5 Å². The van der Waals surface area contributed by atoms with E-state index in [0.717, 1.165) is 0 Å². The quantitative estimate of drug-likeness (QED) is 0.765. The summed E-state index contributed by atoms with van der Waals surface area (Å²) >= 11 is 0. The maximum atomic E-state index is 13.8. The molecule has 0 aliphatic carbocycles. The predicted octanol–water partition coefficient (Wildman–Crippen LogP) is 1.14. The number of halogens is 1. The largest absolute Gasteiger partial charge is 0.444 e. The molecule has 0 amide bonds. The SMILES string of the molecule is CCCC(=O)OCn1cc(F)c(=O)n(C(=O)c2ccccc2)c1=O. The van der Waals surface area contributed by atoms with Crippen molar-refractivity contribution >= 4 is 11.9 Å². The second-order valence-electron chi connectivity index (χ2n) is 4.94. The molecule has 1 aromatic heterocycles. The second kappa shape index (κ2) is 7.49. The molecule has 0 atom stereocenters. The molecule has 0 bridgehead atoms. The molecule has 7 nitrogen and oxygen atoms in total. The Balaban J connectivity index is 2.42. The van der Waals surface area contributed by atoms with Crippen LogP contribution in [0.5, 0.6) is 0 Å². The number of rotatable bonds is 5. The van der Waals surface area contributed by atoms with Crippen molar-refractivity contribution < 1.29 is 18.7 Å². The number of esters is 1. The molecular formula is C16H15FN2O5. The fourth-order valence-electron chi connectivity index (χ4n) is 1.97. The first kappa shape index (κ1) is 17.3. The van der Waals surface area contributed by atoms with Crippen LogP contribution in [0.15, 0.2) is 46.1 Å². The monoisotopic (exact) mass is 334 g/mol. The first-order chi connectivity index (χ1) is 11.5. The van der Waals surface area contributed by atoms with Crippen LogP contribution >= 0.6 is 0 Å². The van der Waals surface area contributed by atoms with Crippen molar-refractivity contribution in [2.75, 3.05) is 0 Å². The van der Waals surface area contributed by atoms with Gasteiger partial charge in [0, 0.05) is 12.0 Å². The van der Waals surface area contributed by atoms with Crippen molar-refractivity contribution in [3.05, 3.63) is 68.7 Å². The van der Waals surface area contributed by atoms with Gasteiger partial charge in [-0.15, -0.1) is 0 Å². The lowest BCUT2D eigenvalue weighted by Crippen LogP contribution is -2.45. The molecule has 126 valence electrons. The third kappa shape index (κ3) is 3.65. The van der Waals surface area contributed by atoms with E-state index in [1.165, 1.54) is 12.1 Å². The van der Waals surface area contributed by atoms with Gasteiger partial charge in [0.25, 0.3) is 11.5 Å².